The second kappa shape index (κ2) is 8.07. The maximum Gasteiger partial charge on any atom is 0.171 e. The highest BCUT2D eigenvalue weighted by molar-refractivity contribution is 6.25. The molecular weight excluding hydrogens is 340 g/mol. The lowest BCUT2D eigenvalue weighted by atomic mass is 9.89. The molecule has 2 aliphatic carbocycles. The number of carbonyl (C=O) groups excluding carboxylic acids is 1. The molecule has 2 aromatic carbocycles. The van der Waals surface area contributed by atoms with Crippen molar-refractivity contribution in [2.24, 2.45) is 0 Å². The molecule has 145 valence electrons. The summed E-state index contributed by atoms with van der Waals surface area (Å²) < 4.78 is 0. The van der Waals surface area contributed by atoms with E-state index in [4.69, 9.17) is 0 Å². The highest BCUT2D eigenvalue weighted by Gasteiger charge is 2.35. The molecule has 2 aromatic rings. The first-order valence-electron chi connectivity index (χ1n) is 11.0. The number of rotatable bonds is 10. The molecule has 0 spiro atoms. The summed E-state index contributed by atoms with van der Waals surface area (Å²) in [5.74, 6) is 1.59. The fourth-order valence-corrected chi connectivity index (χ4v) is 4.45. The van der Waals surface area contributed by atoms with Crippen LogP contribution in [0.15, 0.2) is 43.0 Å². The molecule has 1 nitrogen and oxygen atoms in total. The quantitative estimate of drug-likeness (QED) is 0.317. The minimum atomic E-state index is 0.0394. The Balaban J connectivity index is 1.65. The number of hydrogen-bond acceptors (Lipinski definition) is 1. The molecule has 0 amide bonds. The van der Waals surface area contributed by atoms with E-state index in [1.165, 1.54) is 90.5 Å². The maximum absolute atomic E-state index is 12.0. The maximum atomic E-state index is 12.0. The molecule has 28 heavy (non-hydrogen) atoms. The van der Waals surface area contributed by atoms with Crippen LogP contribution in [0.3, 0.4) is 0 Å². The van der Waals surface area contributed by atoms with Gasteiger partial charge in [0.05, 0.1) is 5.92 Å². The van der Waals surface area contributed by atoms with Crippen molar-refractivity contribution >= 4 is 22.1 Å². The van der Waals surface area contributed by atoms with Gasteiger partial charge >= 0.3 is 0 Å². The van der Waals surface area contributed by atoms with Gasteiger partial charge in [-0.15, -0.1) is 0 Å². The molecule has 0 bridgehead atoms. The molecular formula is C27H31O. The monoisotopic (exact) mass is 371 g/mol. The Hall–Kier alpha value is -2.15. The van der Waals surface area contributed by atoms with Crippen molar-refractivity contribution < 1.29 is 4.79 Å². The summed E-state index contributed by atoms with van der Waals surface area (Å²) >= 11 is 0. The van der Waals surface area contributed by atoms with Gasteiger partial charge in [-0.25, -0.2) is 0 Å². The molecule has 1 fully saturated rings. The SMILES string of the molecule is C=CC(=O)[C]1C=C1c1c(C)cc(C2CC2)c2cc(CCCCCCC)ccc12. The van der Waals surface area contributed by atoms with Crippen molar-refractivity contribution in [2.75, 3.05) is 0 Å². The average molecular weight is 372 g/mol. The molecule has 0 heterocycles. The Bertz CT molecular complexity index is 942. The Morgan fingerprint density at radius 3 is 2.61 bits per heavy atom. The summed E-state index contributed by atoms with van der Waals surface area (Å²) in [6.07, 6.45) is 13.8. The third-order valence-electron chi connectivity index (χ3n) is 6.23. The smallest absolute Gasteiger partial charge is 0.171 e. The summed E-state index contributed by atoms with van der Waals surface area (Å²) in [4.78, 5) is 12.0. The van der Waals surface area contributed by atoms with Gasteiger partial charge in [-0.3, -0.25) is 4.79 Å². The lowest BCUT2D eigenvalue weighted by Gasteiger charge is -2.15. The van der Waals surface area contributed by atoms with E-state index in [-0.39, 0.29) is 5.78 Å². The van der Waals surface area contributed by atoms with E-state index in [2.05, 4.69) is 44.7 Å². The van der Waals surface area contributed by atoms with Crippen LogP contribution in [-0.2, 0) is 11.2 Å². The molecule has 1 saturated carbocycles. The van der Waals surface area contributed by atoms with Gasteiger partial charge in [0.1, 0.15) is 0 Å². The van der Waals surface area contributed by atoms with Gasteiger partial charge in [0.25, 0.3) is 0 Å². The summed E-state index contributed by atoms with van der Waals surface area (Å²) in [7, 11) is 0. The van der Waals surface area contributed by atoms with E-state index in [0.29, 0.717) is 0 Å². The Morgan fingerprint density at radius 1 is 1.11 bits per heavy atom. The third kappa shape index (κ3) is 3.85. The van der Waals surface area contributed by atoms with Gasteiger partial charge < -0.3 is 0 Å². The molecule has 0 aliphatic heterocycles. The number of carbonyl (C=O) groups is 1. The highest BCUT2D eigenvalue weighted by Crippen LogP contribution is 2.49. The van der Waals surface area contributed by atoms with E-state index in [1.807, 2.05) is 6.08 Å². The lowest BCUT2D eigenvalue weighted by Crippen LogP contribution is -1.99. The largest absolute Gasteiger partial charge is 0.293 e. The minimum absolute atomic E-state index is 0.0394. The summed E-state index contributed by atoms with van der Waals surface area (Å²) in [6.45, 7) is 8.09. The first-order chi connectivity index (χ1) is 13.6. The van der Waals surface area contributed by atoms with Crippen LogP contribution in [0.4, 0.5) is 0 Å². The van der Waals surface area contributed by atoms with Crippen molar-refractivity contribution in [3.8, 4) is 0 Å². The second-order valence-electron chi connectivity index (χ2n) is 8.52. The summed E-state index contributed by atoms with van der Waals surface area (Å²) in [5.41, 5.74) is 6.62. The van der Waals surface area contributed by atoms with Gasteiger partial charge in [0, 0.05) is 0 Å². The van der Waals surface area contributed by atoms with Crippen LogP contribution in [0.25, 0.3) is 16.3 Å². The molecule has 4 rings (SSSR count). The van der Waals surface area contributed by atoms with E-state index in [0.717, 1.165) is 17.4 Å². The van der Waals surface area contributed by atoms with E-state index < -0.39 is 0 Å². The lowest BCUT2D eigenvalue weighted by molar-refractivity contribution is -0.111. The zero-order valence-electron chi connectivity index (χ0n) is 17.3. The normalized spacial score (nSPS) is 16.3. The topological polar surface area (TPSA) is 17.1 Å². The number of fused-ring (bicyclic) bond motifs is 1. The van der Waals surface area contributed by atoms with E-state index in [9.17, 15) is 4.79 Å². The van der Waals surface area contributed by atoms with Gasteiger partial charge in [-0.1, -0.05) is 69.5 Å². The van der Waals surface area contributed by atoms with Crippen LogP contribution in [0.5, 0.6) is 0 Å². The number of benzene rings is 2. The van der Waals surface area contributed by atoms with Crippen molar-refractivity contribution in [3.63, 3.8) is 0 Å². The standard InChI is InChI=1S/C27H31O/c1-4-6-7-8-9-10-19-11-14-21-23(16-19)22(20-12-13-20)15-18(3)27(21)25-17-24(25)26(28)5-2/h5,11,14-17,20H,2,4,6-10,12-13H2,1,3H3. The van der Waals surface area contributed by atoms with Crippen molar-refractivity contribution in [1.29, 1.82) is 0 Å². The average Bonchev–Trinajstić information content (AvgIpc) is 3.60. The Morgan fingerprint density at radius 2 is 1.89 bits per heavy atom. The molecule has 0 atom stereocenters. The van der Waals surface area contributed by atoms with Crippen LogP contribution in [0, 0.1) is 12.8 Å². The molecule has 1 heteroatoms. The van der Waals surface area contributed by atoms with Gasteiger partial charge in [0.2, 0.25) is 0 Å². The number of aryl methyl sites for hydroxylation is 2. The third-order valence-corrected chi connectivity index (χ3v) is 6.23. The number of allylic oxidation sites excluding steroid dienone is 3. The van der Waals surface area contributed by atoms with Crippen molar-refractivity contribution in [1.82, 2.24) is 0 Å². The molecule has 0 saturated heterocycles. The highest BCUT2D eigenvalue weighted by atomic mass is 16.1. The van der Waals surface area contributed by atoms with Crippen LogP contribution in [-0.4, -0.2) is 5.78 Å². The second-order valence-corrected chi connectivity index (χ2v) is 8.52. The zero-order chi connectivity index (χ0) is 19.7. The zero-order valence-corrected chi connectivity index (χ0v) is 17.3. The first-order valence-corrected chi connectivity index (χ1v) is 11.0. The molecule has 2 aliphatic rings. The first kappa shape index (κ1) is 19.2. The predicted octanol–water partition coefficient (Wildman–Crippen LogP) is 7.27. The van der Waals surface area contributed by atoms with Gasteiger partial charge in [-0.05, 0) is 83.2 Å². The van der Waals surface area contributed by atoms with Crippen LogP contribution < -0.4 is 0 Å². The molecule has 0 aromatic heterocycles. The van der Waals surface area contributed by atoms with Gasteiger partial charge in [0.15, 0.2) is 5.78 Å². The van der Waals surface area contributed by atoms with Crippen molar-refractivity contribution in [3.05, 3.63) is 71.2 Å². The number of unbranched alkanes of at least 4 members (excludes halogenated alkanes) is 4. The van der Waals surface area contributed by atoms with Crippen LogP contribution in [0.2, 0.25) is 0 Å². The van der Waals surface area contributed by atoms with Crippen LogP contribution >= 0.6 is 0 Å². The number of hydrogen-bond donors (Lipinski definition) is 0. The fraction of sp³-hybridized carbons (Fsp3) is 0.407. The van der Waals surface area contributed by atoms with Gasteiger partial charge in [-0.2, -0.15) is 0 Å². The molecule has 0 unspecified atom stereocenters. The number of ketones is 1. The Kier molecular flexibility index (Phi) is 5.53. The minimum Gasteiger partial charge on any atom is -0.293 e. The van der Waals surface area contributed by atoms with E-state index >= 15 is 0 Å². The van der Waals surface area contributed by atoms with Crippen LogP contribution in [0.1, 0.15) is 80.0 Å². The summed E-state index contributed by atoms with van der Waals surface area (Å²) in [6, 6.07) is 9.43. The Labute approximate surface area is 169 Å². The van der Waals surface area contributed by atoms with Crippen molar-refractivity contribution in [2.45, 2.75) is 71.1 Å². The molecule has 0 N–H and O–H groups in total. The van der Waals surface area contributed by atoms with E-state index in [1.54, 1.807) is 0 Å². The fourth-order valence-electron chi connectivity index (χ4n) is 4.45. The summed E-state index contributed by atoms with van der Waals surface area (Å²) in [5, 5.41) is 2.72. The predicted molar refractivity (Wildman–Crippen MR) is 120 cm³/mol. The molecule has 1 radical (unpaired) electrons.